The van der Waals surface area contributed by atoms with Crippen molar-refractivity contribution >= 4 is 17.5 Å². The number of carbonyl (C=O) groups is 1. The van der Waals surface area contributed by atoms with Crippen LogP contribution in [-0.2, 0) is 4.74 Å². The van der Waals surface area contributed by atoms with E-state index in [-0.39, 0.29) is 18.1 Å². The molecule has 0 saturated carbocycles. The Morgan fingerprint density at radius 3 is 2.82 bits per heavy atom. The van der Waals surface area contributed by atoms with Gasteiger partial charge in [-0.2, -0.15) is 0 Å². The van der Waals surface area contributed by atoms with Crippen LogP contribution < -0.4 is 9.47 Å². The molecule has 1 fully saturated rings. The first-order valence-electron chi connectivity index (χ1n) is 7.40. The van der Waals surface area contributed by atoms with Gasteiger partial charge in [-0.3, -0.25) is 4.79 Å². The first-order chi connectivity index (χ1) is 10.5. The predicted molar refractivity (Wildman–Crippen MR) is 85.1 cm³/mol. The fraction of sp³-hybridized carbons (Fsp3) is 0.562. The second kappa shape index (κ2) is 7.20. The standard InChI is InChI=1S/C16H22ClNO4/c1-5-21-15-13(17)6-12(7-14(15)20-4)16(19)18-8-11(3)22-9-10(18)2/h6-7,10-11H,5,8-9H2,1-4H3. The number of amides is 1. The molecular weight excluding hydrogens is 306 g/mol. The highest BCUT2D eigenvalue weighted by Gasteiger charge is 2.29. The first kappa shape index (κ1) is 16.9. The minimum atomic E-state index is -0.0779. The lowest BCUT2D eigenvalue weighted by Crippen LogP contribution is -2.50. The lowest BCUT2D eigenvalue weighted by molar-refractivity contribution is -0.0387. The van der Waals surface area contributed by atoms with E-state index in [1.165, 1.54) is 7.11 Å². The normalized spacial score (nSPS) is 21.6. The van der Waals surface area contributed by atoms with Gasteiger partial charge in [0.1, 0.15) is 0 Å². The summed E-state index contributed by atoms with van der Waals surface area (Å²) in [7, 11) is 1.53. The highest BCUT2D eigenvalue weighted by molar-refractivity contribution is 6.32. The number of hydrogen-bond donors (Lipinski definition) is 0. The van der Waals surface area contributed by atoms with Gasteiger partial charge in [0, 0.05) is 12.1 Å². The van der Waals surface area contributed by atoms with E-state index in [2.05, 4.69) is 0 Å². The summed E-state index contributed by atoms with van der Waals surface area (Å²) in [6.07, 6.45) is 0.0280. The van der Waals surface area contributed by atoms with Crippen molar-refractivity contribution in [2.24, 2.45) is 0 Å². The molecule has 6 heteroatoms. The smallest absolute Gasteiger partial charge is 0.254 e. The van der Waals surface area contributed by atoms with E-state index in [0.717, 1.165) is 0 Å². The summed E-state index contributed by atoms with van der Waals surface area (Å²) in [4.78, 5) is 14.6. The van der Waals surface area contributed by atoms with Crippen LogP contribution in [0.4, 0.5) is 0 Å². The van der Waals surface area contributed by atoms with Crippen LogP contribution in [0.25, 0.3) is 0 Å². The number of ether oxygens (including phenoxy) is 3. The van der Waals surface area contributed by atoms with E-state index in [0.29, 0.717) is 41.8 Å². The van der Waals surface area contributed by atoms with Crippen LogP contribution in [0.2, 0.25) is 5.02 Å². The van der Waals surface area contributed by atoms with E-state index in [9.17, 15) is 4.79 Å². The molecule has 22 heavy (non-hydrogen) atoms. The zero-order valence-corrected chi connectivity index (χ0v) is 14.1. The van der Waals surface area contributed by atoms with Crippen LogP contribution in [0.15, 0.2) is 12.1 Å². The summed E-state index contributed by atoms with van der Waals surface area (Å²) >= 11 is 6.24. The number of halogens is 1. The third-order valence-electron chi connectivity index (χ3n) is 3.63. The van der Waals surface area contributed by atoms with Gasteiger partial charge in [0.15, 0.2) is 11.5 Å². The molecule has 1 aromatic rings. The van der Waals surface area contributed by atoms with Crippen LogP contribution >= 0.6 is 11.6 Å². The van der Waals surface area contributed by atoms with E-state index in [1.807, 2.05) is 20.8 Å². The third kappa shape index (κ3) is 3.47. The molecule has 1 heterocycles. The molecule has 0 aliphatic carbocycles. The van der Waals surface area contributed by atoms with Crippen molar-refractivity contribution in [1.29, 1.82) is 0 Å². The van der Waals surface area contributed by atoms with Crippen LogP contribution in [0.5, 0.6) is 11.5 Å². The van der Waals surface area contributed by atoms with Gasteiger partial charge in [0.2, 0.25) is 0 Å². The maximum Gasteiger partial charge on any atom is 0.254 e. The zero-order valence-electron chi connectivity index (χ0n) is 13.4. The molecule has 1 aliphatic rings. The number of benzene rings is 1. The molecule has 2 rings (SSSR count). The fourth-order valence-electron chi connectivity index (χ4n) is 2.48. The highest BCUT2D eigenvalue weighted by atomic mass is 35.5. The van der Waals surface area contributed by atoms with Crippen molar-refractivity contribution in [3.8, 4) is 11.5 Å². The average molecular weight is 328 g/mol. The fourth-order valence-corrected chi connectivity index (χ4v) is 2.75. The summed E-state index contributed by atoms with van der Waals surface area (Å²) in [5.74, 6) is 0.851. The molecule has 0 aromatic heterocycles. The largest absolute Gasteiger partial charge is 0.493 e. The van der Waals surface area contributed by atoms with E-state index in [1.54, 1.807) is 17.0 Å². The lowest BCUT2D eigenvalue weighted by Gasteiger charge is -2.37. The van der Waals surface area contributed by atoms with Crippen LogP contribution in [0, 0.1) is 0 Å². The van der Waals surface area contributed by atoms with Gasteiger partial charge in [-0.25, -0.2) is 0 Å². The minimum Gasteiger partial charge on any atom is -0.493 e. The van der Waals surface area contributed by atoms with Gasteiger partial charge in [-0.1, -0.05) is 11.6 Å². The Morgan fingerprint density at radius 1 is 1.45 bits per heavy atom. The molecule has 5 nitrogen and oxygen atoms in total. The number of hydrogen-bond acceptors (Lipinski definition) is 4. The quantitative estimate of drug-likeness (QED) is 0.853. The monoisotopic (exact) mass is 327 g/mol. The summed E-state index contributed by atoms with van der Waals surface area (Å²) < 4.78 is 16.3. The highest BCUT2D eigenvalue weighted by Crippen LogP contribution is 2.37. The van der Waals surface area contributed by atoms with E-state index in [4.69, 9.17) is 25.8 Å². The van der Waals surface area contributed by atoms with Crippen molar-refractivity contribution in [2.45, 2.75) is 32.9 Å². The van der Waals surface area contributed by atoms with Crippen LogP contribution in [0.3, 0.4) is 0 Å². The molecular formula is C16H22ClNO4. The second-order valence-corrected chi connectivity index (χ2v) is 5.78. The molecule has 0 spiro atoms. The molecule has 122 valence electrons. The maximum atomic E-state index is 12.8. The SMILES string of the molecule is CCOc1c(Cl)cc(C(=O)N2CC(C)OCC2C)cc1OC. The summed E-state index contributed by atoms with van der Waals surface area (Å²) in [6, 6.07) is 3.33. The Labute approximate surface area is 136 Å². The minimum absolute atomic E-state index is 0.0278. The molecule has 0 radical (unpaired) electrons. The lowest BCUT2D eigenvalue weighted by atomic mass is 10.1. The molecule has 1 saturated heterocycles. The number of morpholine rings is 1. The van der Waals surface area contributed by atoms with Crippen LogP contribution in [0.1, 0.15) is 31.1 Å². The number of carbonyl (C=O) groups excluding carboxylic acids is 1. The average Bonchev–Trinajstić information content (AvgIpc) is 2.50. The van der Waals surface area contributed by atoms with Crippen molar-refractivity contribution in [3.05, 3.63) is 22.7 Å². The molecule has 1 aromatic carbocycles. The number of nitrogens with zero attached hydrogens (tertiary/aromatic N) is 1. The predicted octanol–water partition coefficient (Wildman–Crippen LogP) is 3.00. The van der Waals surface area contributed by atoms with Crippen molar-refractivity contribution in [1.82, 2.24) is 4.90 Å². The Bertz CT molecular complexity index is 549. The molecule has 2 atom stereocenters. The van der Waals surface area contributed by atoms with Crippen molar-refractivity contribution < 1.29 is 19.0 Å². The molecule has 2 unspecified atom stereocenters. The molecule has 1 aliphatic heterocycles. The first-order valence-corrected chi connectivity index (χ1v) is 7.78. The van der Waals surface area contributed by atoms with Gasteiger partial charge in [0.25, 0.3) is 5.91 Å². The molecule has 0 bridgehead atoms. The third-order valence-corrected chi connectivity index (χ3v) is 3.91. The van der Waals surface area contributed by atoms with Gasteiger partial charge in [-0.05, 0) is 32.9 Å². The van der Waals surface area contributed by atoms with Gasteiger partial charge < -0.3 is 19.1 Å². The summed E-state index contributed by atoms with van der Waals surface area (Å²) in [6.45, 7) is 7.37. The van der Waals surface area contributed by atoms with Gasteiger partial charge in [-0.15, -0.1) is 0 Å². The Morgan fingerprint density at radius 2 is 2.18 bits per heavy atom. The van der Waals surface area contributed by atoms with Crippen molar-refractivity contribution in [3.63, 3.8) is 0 Å². The Kier molecular flexibility index (Phi) is 5.53. The van der Waals surface area contributed by atoms with Gasteiger partial charge >= 0.3 is 0 Å². The molecule has 1 amide bonds. The van der Waals surface area contributed by atoms with E-state index < -0.39 is 0 Å². The van der Waals surface area contributed by atoms with Crippen molar-refractivity contribution in [2.75, 3.05) is 26.9 Å². The Balaban J connectivity index is 2.31. The summed E-state index contributed by atoms with van der Waals surface area (Å²) in [5, 5.41) is 0.374. The topological polar surface area (TPSA) is 48.0 Å². The molecule has 0 N–H and O–H groups in total. The van der Waals surface area contributed by atoms with E-state index >= 15 is 0 Å². The number of methoxy groups -OCH3 is 1. The van der Waals surface area contributed by atoms with Gasteiger partial charge in [0.05, 0.1) is 37.5 Å². The maximum absolute atomic E-state index is 12.8. The zero-order chi connectivity index (χ0) is 16.3. The second-order valence-electron chi connectivity index (χ2n) is 5.37. The summed E-state index contributed by atoms with van der Waals surface area (Å²) in [5.41, 5.74) is 0.492. The Hall–Kier alpha value is -1.46. The van der Waals surface area contributed by atoms with Crippen LogP contribution in [-0.4, -0.2) is 49.8 Å². The number of rotatable bonds is 4.